The highest BCUT2D eigenvalue weighted by Crippen LogP contribution is 2.30. The zero-order valence-corrected chi connectivity index (χ0v) is 12.8. The van der Waals surface area contributed by atoms with Crippen LogP contribution < -0.4 is 4.90 Å². The lowest BCUT2D eigenvalue weighted by Crippen LogP contribution is -2.28. The summed E-state index contributed by atoms with van der Waals surface area (Å²) in [5.41, 5.74) is 1.79. The summed E-state index contributed by atoms with van der Waals surface area (Å²) in [4.78, 5) is 13.5. The Morgan fingerprint density at radius 2 is 1.89 bits per heavy atom. The van der Waals surface area contributed by atoms with Gasteiger partial charge in [-0.15, -0.1) is 0 Å². The Kier molecular flexibility index (Phi) is 4.61. The summed E-state index contributed by atoms with van der Waals surface area (Å²) in [6.45, 7) is 2.05. The van der Waals surface area contributed by atoms with Crippen molar-refractivity contribution >= 4 is 39.1 Å². The fraction of sp³-hybridized carbons (Fsp3) is 0.133. The van der Waals surface area contributed by atoms with Crippen LogP contribution in [0.5, 0.6) is 0 Å². The highest BCUT2D eigenvalue weighted by Gasteiger charge is 2.15. The normalized spacial score (nSPS) is 10.3. The van der Waals surface area contributed by atoms with Crippen molar-refractivity contribution in [2.24, 2.45) is 0 Å². The summed E-state index contributed by atoms with van der Waals surface area (Å²) in [6.07, 6.45) is 0. The van der Waals surface area contributed by atoms with Crippen LogP contribution in [0.4, 0.5) is 5.69 Å². The van der Waals surface area contributed by atoms with Crippen LogP contribution in [0, 0.1) is 0 Å². The third-order valence-electron chi connectivity index (χ3n) is 2.76. The molecule has 0 unspecified atom stereocenters. The summed E-state index contributed by atoms with van der Waals surface area (Å²) in [6, 6.07) is 15.4. The molecule has 0 spiro atoms. The molecule has 0 aliphatic heterocycles. The van der Waals surface area contributed by atoms with Gasteiger partial charge < -0.3 is 4.90 Å². The number of carbonyl (C=O) groups excluding carboxylic acids is 1. The van der Waals surface area contributed by atoms with Gasteiger partial charge in [0.1, 0.15) is 0 Å². The topological polar surface area (TPSA) is 20.3 Å². The molecule has 2 nitrogen and oxygen atoms in total. The SMILES string of the molecule is CC(=O)N(Cc1ccccc1)c1ccc(Br)cc1Cl. The first-order valence-corrected chi connectivity index (χ1v) is 7.02. The van der Waals surface area contributed by atoms with Crippen molar-refractivity contribution in [2.75, 3.05) is 4.90 Å². The summed E-state index contributed by atoms with van der Waals surface area (Å²) in [7, 11) is 0. The van der Waals surface area contributed by atoms with Gasteiger partial charge in [-0.2, -0.15) is 0 Å². The van der Waals surface area contributed by atoms with Gasteiger partial charge in [0.15, 0.2) is 0 Å². The van der Waals surface area contributed by atoms with Crippen LogP contribution in [0.2, 0.25) is 5.02 Å². The molecule has 0 saturated heterocycles. The van der Waals surface area contributed by atoms with E-state index in [1.54, 1.807) is 17.9 Å². The molecule has 0 bridgehead atoms. The van der Waals surface area contributed by atoms with E-state index in [2.05, 4.69) is 15.9 Å². The lowest BCUT2D eigenvalue weighted by Gasteiger charge is -2.22. The first kappa shape index (κ1) is 14.1. The molecule has 2 aromatic carbocycles. The average Bonchev–Trinajstić information content (AvgIpc) is 2.38. The van der Waals surface area contributed by atoms with Gasteiger partial charge in [0.05, 0.1) is 17.3 Å². The minimum Gasteiger partial charge on any atom is -0.307 e. The third kappa shape index (κ3) is 3.58. The van der Waals surface area contributed by atoms with Crippen LogP contribution in [0.25, 0.3) is 0 Å². The number of halogens is 2. The summed E-state index contributed by atoms with van der Waals surface area (Å²) >= 11 is 9.57. The largest absolute Gasteiger partial charge is 0.307 e. The van der Waals surface area contributed by atoms with Crippen LogP contribution >= 0.6 is 27.5 Å². The van der Waals surface area contributed by atoms with E-state index in [9.17, 15) is 4.79 Å². The molecule has 4 heteroatoms. The van der Waals surface area contributed by atoms with Crippen molar-refractivity contribution in [3.05, 3.63) is 63.6 Å². The van der Waals surface area contributed by atoms with Crippen molar-refractivity contribution in [2.45, 2.75) is 13.5 Å². The second-order valence-electron chi connectivity index (χ2n) is 4.19. The number of amides is 1. The molecule has 0 fully saturated rings. The fourth-order valence-corrected chi connectivity index (χ4v) is 2.61. The molecule has 0 radical (unpaired) electrons. The van der Waals surface area contributed by atoms with E-state index < -0.39 is 0 Å². The van der Waals surface area contributed by atoms with Gasteiger partial charge in [-0.1, -0.05) is 57.9 Å². The van der Waals surface area contributed by atoms with Crippen molar-refractivity contribution in [3.8, 4) is 0 Å². The van der Waals surface area contributed by atoms with Gasteiger partial charge in [0.25, 0.3) is 0 Å². The predicted molar refractivity (Wildman–Crippen MR) is 82.5 cm³/mol. The number of benzene rings is 2. The molecule has 0 atom stereocenters. The fourth-order valence-electron chi connectivity index (χ4n) is 1.83. The van der Waals surface area contributed by atoms with E-state index in [4.69, 9.17) is 11.6 Å². The minimum atomic E-state index is -0.0342. The first-order chi connectivity index (χ1) is 9.08. The third-order valence-corrected chi connectivity index (χ3v) is 3.56. The maximum absolute atomic E-state index is 11.8. The molecule has 1 amide bonds. The van der Waals surface area contributed by atoms with Gasteiger partial charge in [-0.25, -0.2) is 0 Å². The molecular formula is C15H13BrClNO. The zero-order chi connectivity index (χ0) is 13.8. The van der Waals surface area contributed by atoms with Crippen LogP contribution in [0.3, 0.4) is 0 Å². The maximum Gasteiger partial charge on any atom is 0.224 e. The minimum absolute atomic E-state index is 0.0342. The Hall–Kier alpha value is -1.32. The molecule has 0 N–H and O–H groups in total. The summed E-state index contributed by atoms with van der Waals surface area (Å²) < 4.78 is 0.893. The molecule has 0 aliphatic carbocycles. The Bertz CT molecular complexity index is 586. The van der Waals surface area contributed by atoms with E-state index >= 15 is 0 Å². The Morgan fingerprint density at radius 3 is 2.47 bits per heavy atom. The van der Waals surface area contributed by atoms with Gasteiger partial charge in [-0.05, 0) is 23.8 Å². The lowest BCUT2D eigenvalue weighted by molar-refractivity contribution is -0.116. The van der Waals surface area contributed by atoms with Crippen LogP contribution in [-0.4, -0.2) is 5.91 Å². The number of nitrogens with zero attached hydrogens (tertiary/aromatic N) is 1. The Balaban J connectivity index is 2.33. The second kappa shape index (κ2) is 6.22. The number of carbonyl (C=O) groups is 1. The highest BCUT2D eigenvalue weighted by molar-refractivity contribution is 9.10. The number of anilines is 1. The summed E-state index contributed by atoms with van der Waals surface area (Å²) in [5.74, 6) is -0.0342. The van der Waals surface area contributed by atoms with E-state index in [-0.39, 0.29) is 5.91 Å². The van der Waals surface area contributed by atoms with Crippen LogP contribution in [0.1, 0.15) is 12.5 Å². The van der Waals surface area contributed by atoms with Crippen molar-refractivity contribution < 1.29 is 4.79 Å². The van der Waals surface area contributed by atoms with Gasteiger partial charge in [-0.3, -0.25) is 4.79 Å². The summed E-state index contributed by atoms with van der Waals surface area (Å²) in [5, 5.41) is 0.556. The Labute approximate surface area is 126 Å². The number of rotatable bonds is 3. The first-order valence-electron chi connectivity index (χ1n) is 5.85. The second-order valence-corrected chi connectivity index (χ2v) is 5.51. The molecular weight excluding hydrogens is 326 g/mol. The molecule has 98 valence electrons. The number of hydrogen-bond donors (Lipinski definition) is 0. The van der Waals surface area contributed by atoms with Gasteiger partial charge in [0.2, 0.25) is 5.91 Å². The smallest absolute Gasteiger partial charge is 0.224 e. The number of hydrogen-bond acceptors (Lipinski definition) is 1. The van der Waals surface area contributed by atoms with Gasteiger partial charge >= 0.3 is 0 Å². The van der Waals surface area contributed by atoms with Crippen molar-refractivity contribution in [1.29, 1.82) is 0 Å². The Morgan fingerprint density at radius 1 is 1.21 bits per heavy atom. The van der Waals surface area contributed by atoms with Crippen molar-refractivity contribution in [1.82, 2.24) is 0 Å². The standard InChI is InChI=1S/C15H13BrClNO/c1-11(19)18(10-12-5-3-2-4-6-12)15-8-7-13(16)9-14(15)17/h2-9H,10H2,1H3. The van der Waals surface area contributed by atoms with E-state index in [0.29, 0.717) is 11.6 Å². The van der Waals surface area contributed by atoms with Crippen molar-refractivity contribution in [3.63, 3.8) is 0 Å². The quantitative estimate of drug-likeness (QED) is 0.797. The van der Waals surface area contributed by atoms with Crippen LogP contribution in [-0.2, 0) is 11.3 Å². The lowest BCUT2D eigenvalue weighted by atomic mass is 10.2. The van der Waals surface area contributed by atoms with Crippen LogP contribution in [0.15, 0.2) is 53.0 Å². The highest BCUT2D eigenvalue weighted by atomic mass is 79.9. The molecule has 0 aromatic heterocycles. The van der Waals surface area contributed by atoms with Gasteiger partial charge in [0, 0.05) is 11.4 Å². The van der Waals surface area contributed by atoms with E-state index in [1.165, 1.54) is 0 Å². The monoisotopic (exact) mass is 337 g/mol. The van der Waals surface area contributed by atoms with E-state index in [0.717, 1.165) is 15.7 Å². The maximum atomic E-state index is 11.8. The molecule has 0 heterocycles. The molecule has 2 aromatic rings. The zero-order valence-electron chi connectivity index (χ0n) is 10.4. The molecule has 19 heavy (non-hydrogen) atoms. The molecule has 0 saturated carbocycles. The predicted octanol–water partition coefficient (Wildman–Crippen LogP) is 4.66. The average molecular weight is 339 g/mol. The van der Waals surface area contributed by atoms with E-state index in [1.807, 2.05) is 42.5 Å². The molecule has 2 rings (SSSR count). The molecule has 0 aliphatic rings.